The molecule has 0 aromatic rings. The second-order valence-corrected chi connectivity index (χ2v) is 3.66. The van der Waals surface area contributed by atoms with Crippen molar-refractivity contribution in [1.29, 1.82) is 0 Å². The summed E-state index contributed by atoms with van der Waals surface area (Å²) in [7, 11) is 0. The lowest BCUT2D eigenvalue weighted by Crippen LogP contribution is -2.26. The van der Waals surface area contributed by atoms with Crippen molar-refractivity contribution >= 4 is 11.8 Å². The van der Waals surface area contributed by atoms with Gasteiger partial charge >= 0.3 is 0 Å². The van der Waals surface area contributed by atoms with E-state index in [0.717, 1.165) is 25.7 Å². The van der Waals surface area contributed by atoms with Crippen LogP contribution < -0.4 is 10.6 Å². The van der Waals surface area contributed by atoms with Gasteiger partial charge in [0.15, 0.2) is 0 Å². The van der Waals surface area contributed by atoms with Gasteiger partial charge in [-0.15, -0.1) is 0 Å². The highest BCUT2D eigenvalue weighted by atomic mass is 16.2. The van der Waals surface area contributed by atoms with E-state index in [1.165, 1.54) is 6.08 Å². The second kappa shape index (κ2) is 10.2. The van der Waals surface area contributed by atoms with Crippen LogP contribution >= 0.6 is 0 Å². The first-order chi connectivity index (χ1) is 7.70. The van der Waals surface area contributed by atoms with Gasteiger partial charge < -0.3 is 10.6 Å². The van der Waals surface area contributed by atoms with Crippen LogP contribution in [0.15, 0.2) is 12.7 Å². The van der Waals surface area contributed by atoms with E-state index in [1.807, 2.05) is 0 Å². The van der Waals surface area contributed by atoms with Crippen molar-refractivity contribution in [3.05, 3.63) is 12.7 Å². The van der Waals surface area contributed by atoms with Crippen LogP contribution in [0.25, 0.3) is 0 Å². The van der Waals surface area contributed by atoms with Gasteiger partial charge in [0.25, 0.3) is 0 Å². The molecule has 16 heavy (non-hydrogen) atoms. The van der Waals surface area contributed by atoms with E-state index in [-0.39, 0.29) is 11.8 Å². The van der Waals surface area contributed by atoms with Crippen LogP contribution in [0, 0.1) is 0 Å². The van der Waals surface area contributed by atoms with Crippen LogP contribution in [0.4, 0.5) is 0 Å². The third-order valence-electron chi connectivity index (χ3n) is 2.17. The molecule has 0 aliphatic carbocycles. The molecule has 2 N–H and O–H groups in total. The molecule has 0 aliphatic rings. The van der Waals surface area contributed by atoms with Gasteiger partial charge in [-0.1, -0.05) is 19.9 Å². The molecule has 0 saturated heterocycles. The van der Waals surface area contributed by atoms with Gasteiger partial charge in [-0.05, 0) is 25.3 Å². The molecule has 2 amide bonds. The summed E-state index contributed by atoms with van der Waals surface area (Å²) in [6.45, 7) is 6.75. The fourth-order valence-corrected chi connectivity index (χ4v) is 1.19. The Bertz CT molecular complexity index is 227. The summed E-state index contributed by atoms with van der Waals surface area (Å²) in [5, 5.41) is 5.53. The third-order valence-corrected chi connectivity index (χ3v) is 2.17. The van der Waals surface area contributed by atoms with Gasteiger partial charge in [-0.25, -0.2) is 0 Å². The molecule has 4 heteroatoms. The van der Waals surface area contributed by atoms with Crippen LogP contribution in [-0.4, -0.2) is 24.9 Å². The molecular weight excluding hydrogens is 204 g/mol. The van der Waals surface area contributed by atoms with Crippen molar-refractivity contribution in [3.63, 3.8) is 0 Å². The lowest BCUT2D eigenvalue weighted by Gasteiger charge is -2.05. The fraction of sp³-hybridized carbons (Fsp3) is 0.667. The van der Waals surface area contributed by atoms with Crippen molar-refractivity contribution in [2.75, 3.05) is 13.1 Å². The molecule has 0 heterocycles. The van der Waals surface area contributed by atoms with Crippen molar-refractivity contribution in [3.8, 4) is 0 Å². The summed E-state index contributed by atoms with van der Waals surface area (Å²) >= 11 is 0. The predicted octanol–water partition coefficient (Wildman–Crippen LogP) is 1.38. The number of carbonyl (C=O) groups is 2. The summed E-state index contributed by atoms with van der Waals surface area (Å²) in [6, 6.07) is 0. The first kappa shape index (κ1) is 14.7. The van der Waals surface area contributed by atoms with E-state index in [1.54, 1.807) is 0 Å². The normalized spacial score (nSPS) is 9.56. The third kappa shape index (κ3) is 9.24. The zero-order valence-corrected chi connectivity index (χ0v) is 10.1. The van der Waals surface area contributed by atoms with E-state index in [2.05, 4.69) is 24.1 Å². The Hall–Kier alpha value is -1.32. The van der Waals surface area contributed by atoms with Crippen LogP contribution in [0.5, 0.6) is 0 Å². The average Bonchev–Trinajstić information content (AvgIpc) is 2.30. The van der Waals surface area contributed by atoms with Gasteiger partial charge in [0.05, 0.1) is 0 Å². The van der Waals surface area contributed by atoms with Gasteiger partial charge in [0, 0.05) is 19.5 Å². The standard InChI is InChI=1S/C12H22N2O2/c1-3-5-8-12(16)14-10-7-6-9-13-11(15)4-2/h4H,2-3,5-10H2,1H3,(H,13,15)(H,14,16). The Kier molecular flexibility index (Phi) is 9.36. The average molecular weight is 226 g/mol. The number of hydrogen-bond acceptors (Lipinski definition) is 2. The topological polar surface area (TPSA) is 58.2 Å². The minimum atomic E-state index is -0.146. The van der Waals surface area contributed by atoms with E-state index in [9.17, 15) is 9.59 Å². The quantitative estimate of drug-likeness (QED) is 0.461. The van der Waals surface area contributed by atoms with Crippen LogP contribution in [0.3, 0.4) is 0 Å². The first-order valence-corrected chi connectivity index (χ1v) is 5.87. The van der Waals surface area contributed by atoms with Gasteiger partial charge in [0.1, 0.15) is 0 Å². The summed E-state index contributed by atoms with van der Waals surface area (Å²) < 4.78 is 0. The number of rotatable bonds is 9. The Morgan fingerprint density at radius 1 is 1.12 bits per heavy atom. The van der Waals surface area contributed by atoms with Crippen molar-refractivity contribution < 1.29 is 9.59 Å². The zero-order chi connectivity index (χ0) is 12.2. The molecule has 0 spiro atoms. The molecule has 0 radical (unpaired) electrons. The summed E-state index contributed by atoms with van der Waals surface area (Å²) in [5.41, 5.74) is 0. The number of unbranched alkanes of at least 4 members (excludes halogenated alkanes) is 2. The summed E-state index contributed by atoms with van der Waals surface area (Å²) in [5.74, 6) is -0.0241. The largest absolute Gasteiger partial charge is 0.356 e. The lowest BCUT2D eigenvalue weighted by atomic mass is 10.2. The highest BCUT2D eigenvalue weighted by Gasteiger charge is 1.98. The highest BCUT2D eigenvalue weighted by molar-refractivity contribution is 5.86. The van der Waals surface area contributed by atoms with Gasteiger partial charge in [-0.2, -0.15) is 0 Å². The Balaban J connectivity index is 3.23. The molecule has 0 rings (SSSR count). The smallest absolute Gasteiger partial charge is 0.243 e. The van der Waals surface area contributed by atoms with Crippen molar-refractivity contribution in [2.24, 2.45) is 0 Å². The Labute approximate surface area is 97.5 Å². The van der Waals surface area contributed by atoms with Crippen LogP contribution in [0.2, 0.25) is 0 Å². The van der Waals surface area contributed by atoms with Crippen LogP contribution in [0.1, 0.15) is 39.0 Å². The molecular formula is C12H22N2O2. The maximum absolute atomic E-state index is 11.2. The minimum absolute atomic E-state index is 0.122. The summed E-state index contributed by atoms with van der Waals surface area (Å²) in [4.78, 5) is 22.0. The molecule has 0 saturated carbocycles. The molecule has 0 bridgehead atoms. The van der Waals surface area contributed by atoms with Gasteiger partial charge in [-0.3, -0.25) is 9.59 Å². The number of nitrogens with one attached hydrogen (secondary N) is 2. The maximum Gasteiger partial charge on any atom is 0.243 e. The molecule has 0 aromatic heterocycles. The van der Waals surface area contributed by atoms with Crippen LogP contribution in [-0.2, 0) is 9.59 Å². The predicted molar refractivity (Wildman–Crippen MR) is 65.0 cm³/mol. The monoisotopic (exact) mass is 226 g/mol. The molecule has 0 atom stereocenters. The summed E-state index contributed by atoms with van der Waals surface area (Å²) in [6.07, 6.45) is 5.61. The molecule has 4 nitrogen and oxygen atoms in total. The first-order valence-electron chi connectivity index (χ1n) is 5.87. The van der Waals surface area contributed by atoms with E-state index in [0.29, 0.717) is 19.5 Å². The lowest BCUT2D eigenvalue weighted by molar-refractivity contribution is -0.121. The Morgan fingerprint density at radius 3 is 2.31 bits per heavy atom. The molecule has 0 unspecified atom stereocenters. The highest BCUT2D eigenvalue weighted by Crippen LogP contribution is 1.93. The minimum Gasteiger partial charge on any atom is -0.356 e. The maximum atomic E-state index is 11.2. The number of carbonyl (C=O) groups excluding carboxylic acids is 2. The van der Waals surface area contributed by atoms with Crippen molar-refractivity contribution in [2.45, 2.75) is 39.0 Å². The van der Waals surface area contributed by atoms with Gasteiger partial charge in [0.2, 0.25) is 11.8 Å². The molecule has 92 valence electrons. The zero-order valence-electron chi connectivity index (χ0n) is 10.1. The van der Waals surface area contributed by atoms with E-state index in [4.69, 9.17) is 0 Å². The van der Waals surface area contributed by atoms with E-state index >= 15 is 0 Å². The fourth-order valence-electron chi connectivity index (χ4n) is 1.19. The number of amides is 2. The molecule has 0 fully saturated rings. The van der Waals surface area contributed by atoms with Crippen molar-refractivity contribution in [1.82, 2.24) is 10.6 Å². The second-order valence-electron chi connectivity index (χ2n) is 3.66. The van der Waals surface area contributed by atoms with E-state index < -0.39 is 0 Å². The number of hydrogen-bond donors (Lipinski definition) is 2. The molecule has 0 aromatic carbocycles. The SMILES string of the molecule is C=CC(=O)NCCCCNC(=O)CCCC. The Morgan fingerprint density at radius 2 is 1.75 bits per heavy atom. The molecule has 0 aliphatic heterocycles.